The van der Waals surface area contributed by atoms with Crippen molar-refractivity contribution in [3.8, 4) is 5.75 Å². The van der Waals surface area contributed by atoms with Gasteiger partial charge in [-0.2, -0.15) is 0 Å². The van der Waals surface area contributed by atoms with Crippen LogP contribution in [0.3, 0.4) is 0 Å². The smallest absolute Gasteiger partial charge is 0.194 e. The van der Waals surface area contributed by atoms with Crippen molar-refractivity contribution in [2.45, 2.75) is 38.3 Å². The van der Waals surface area contributed by atoms with Crippen molar-refractivity contribution >= 4 is 16.6 Å². The Labute approximate surface area is 220 Å². The molecule has 38 heavy (non-hydrogen) atoms. The molecule has 0 unspecified atom stereocenters. The standard InChI is InChI=1S/C28H35F3N4O3/c1-38-20-2-3-24-21(14-20)26(18(15-32)16-34-24)25(37)4-5-28(17-36)6-9-35(10-7-28)11-8-33-19-12-22(29)27(31)23(30)13-19/h2-3,12-14,16,25,33,36-37H,4-11,15,17,32H2,1H3/t25-/m1/s1. The lowest BCUT2D eigenvalue weighted by molar-refractivity contribution is 0.0247. The van der Waals surface area contributed by atoms with E-state index in [-0.39, 0.29) is 24.3 Å². The van der Waals surface area contributed by atoms with E-state index >= 15 is 0 Å². The van der Waals surface area contributed by atoms with Gasteiger partial charge in [-0.25, -0.2) is 13.2 Å². The monoisotopic (exact) mass is 532 g/mol. The first kappa shape index (κ1) is 28.1. The van der Waals surface area contributed by atoms with E-state index in [2.05, 4.69) is 15.2 Å². The van der Waals surface area contributed by atoms with E-state index in [0.717, 1.165) is 60.1 Å². The molecular weight excluding hydrogens is 497 g/mol. The van der Waals surface area contributed by atoms with Crippen LogP contribution in [0, 0.1) is 22.9 Å². The molecule has 1 aliphatic rings. The maximum absolute atomic E-state index is 13.4. The molecule has 0 radical (unpaired) electrons. The van der Waals surface area contributed by atoms with E-state index in [1.807, 2.05) is 18.2 Å². The third-order valence-electron chi connectivity index (χ3n) is 7.69. The van der Waals surface area contributed by atoms with Crippen molar-refractivity contribution in [1.29, 1.82) is 0 Å². The van der Waals surface area contributed by atoms with Gasteiger partial charge in [0.15, 0.2) is 17.5 Å². The highest BCUT2D eigenvalue weighted by atomic mass is 19.2. The number of nitrogens with one attached hydrogen (secondary N) is 1. The number of nitrogens with zero attached hydrogens (tertiary/aromatic N) is 2. The number of anilines is 1. The van der Waals surface area contributed by atoms with Crippen molar-refractivity contribution in [1.82, 2.24) is 9.88 Å². The maximum atomic E-state index is 13.4. The Bertz CT molecular complexity index is 1220. The lowest BCUT2D eigenvalue weighted by Crippen LogP contribution is -2.43. The van der Waals surface area contributed by atoms with Crippen molar-refractivity contribution < 1.29 is 28.1 Å². The van der Waals surface area contributed by atoms with Crippen molar-refractivity contribution in [3.63, 3.8) is 0 Å². The fourth-order valence-electron chi connectivity index (χ4n) is 5.26. The second-order valence-corrected chi connectivity index (χ2v) is 10.0. The predicted octanol–water partition coefficient (Wildman–Crippen LogP) is 4.12. The fourth-order valence-corrected chi connectivity index (χ4v) is 5.26. The second kappa shape index (κ2) is 12.3. The summed E-state index contributed by atoms with van der Waals surface area (Å²) in [5.41, 5.74) is 8.13. The molecule has 2 heterocycles. The lowest BCUT2D eigenvalue weighted by atomic mass is 9.74. The van der Waals surface area contributed by atoms with Gasteiger partial charge in [-0.05, 0) is 73.5 Å². The number of aromatic nitrogens is 1. The molecule has 206 valence electrons. The molecule has 1 fully saturated rings. The number of hydrogen-bond acceptors (Lipinski definition) is 7. The molecule has 2 aromatic carbocycles. The van der Waals surface area contributed by atoms with Crippen LogP contribution in [0.2, 0.25) is 0 Å². The molecule has 4 rings (SSSR count). The van der Waals surface area contributed by atoms with E-state index in [4.69, 9.17) is 10.5 Å². The molecule has 0 bridgehead atoms. The number of fused-ring (bicyclic) bond motifs is 1. The number of benzene rings is 2. The molecule has 0 aliphatic carbocycles. The highest BCUT2D eigenvalue weighted by Gasteiger charge is 2.34. The van der Waals surface area contributed by atoms with Gasteiger partial charge in [-0.15, -0.1) is 0 Å². The van der Waals surface area contributed by atoms with E-state index in [1.54, 1.807) is 13.3 Å². The summed E-state index contributed by atoms with van der Waals surface area (Å²) in [4.78, 5) is 6.67. The van der Waals surface area contributed by atoms with Crippen LogP contribution in [0.4, 0.5) is 18.9 Å². The average Bonchev–Trinajstić information content (AvgIpc) is 2.94. The molecule has 1 atom stereocenters. The molecule has 1 aromatic heterocycles. The Morgan fingerprint density at radius 1 is 1.16 bits per heavy atom. The number of rotatable bonds is 11. The third-order valence-corrected chi connectivity index (χ3v) is 7.69. The molecule has 7 nitrogen and oxygen atoms in total. The Morgan fingerprint density at radius 3 is 2.50 bits per heavy atom. The highest BCUT2D eigenvalue weighted by Crippen LogP contribution is 2.39. The normalized spacial score (nSPS) is 16.5. The zero-order valence-corrected chi connectivity index (χ0v) is 21.5. The van der Waals surface area contributed by atoms with Crippen LogP contribution in [0.5, 0.6) is 5.75 Å². The predicted molar refractivity (Wildman–Crippen MR) is 140 cm³/mol. The minimum absolute atomic E-state index is 0.0224. The fraction of sp³-hybridized carbons (Fsp3) is 0.464. The van der Waals surface area contributed by atoms with E-state index in [1.165, 1.54) is 0 Å². The molecule has 5 N–H and O–H groups in total. The van der Waals surface area contributed by atoms with Crippen molar-refractivity contribution in [2.75, 3.05) is 45.2 Å². The minimum Gasteiger partial charge on any atom is -0.497 e. The number of aliphatic hydroxyl groups excluding tert-OH is 2. The number of likely N-dealkylation sites (tertiary alicyclic amines) is 1. The zero-order valence-electron chi connectivity index (χ0n) is 21.5. The number of pyridine rings is 1. The number of ether oxygens (including phenoxy) is 1. The van der Waals surface area contributed by atoms with Gasteiger partial charge in [0.05, 0.1) is 18.7 Å². The van der Waals surface area contributed by atoms with Crippen LogP contribution in [0.1, 0.15) is 42.9 Å². The average molecular weight is 533 g/mol. The van der Waals surface area contributed by atoms with Gasteiger partial charge in [-0.1, -0.05) is 0 Å². The van der Waals surface area contributed by atoms with Crippen LogP contribution in [-0.4, -0.2) is 60.0 Å². The van der Waals surface area contributed by atoms with Crippen LogP contribution in [0.25, 0.3) is 10.9 Å². The summed E-state index contributed by atoms with van der Waals surface area (Å²) in [6, 6.07) is 7.42. The van der Waals surface area contributed by atoms with Gasteiger partial charge >= 0.3 is 0 Å². The summed E-state index contributed by atoms with van der Waals surface area (Å²) in [5, 5.41) is 25.3. The number of aliphatic hydroxyl groups is 2. The second-order valence-electron chi connectivity index (χ2n) is 10.0. The van der Waals surface area contributed by atoms with Crippen LogP contribution in [-0.2, 0) is 6.54 Å². The van der Waals surface area contributed by atoms with E-state index in [9.17, 15) is 23.4 Å². The van der Waals surface area contributed by atoms with Crippen molar-refractivity contribution in [3.05, 3.63) is 65.1 Å². The van der Waals surface area contributed by atoms with Gasteiger partial charge < -0.3 is 30.9 Å². The minimum atomic E-state index is -1.48. The lowest BCUT2D eigenvalue weighted by Gasteiger charge is -2.41. The molecule has 1 aliphatic heterocycles. The molecule has 1 saturated heterocycles. The molecule has 3 aromatic rings. The third kappa shape index (κ3) is 6.20. The summed E-state index contributed by atoms with van der Waals surface area (Å²) >= 11 is 0. The number of hydrogen-bond donors (Lipinski definition) is 4. The summed E-state index contributed by atoms with van der Waals surface area (Å²) in [6.45, 7) is 2.83. The van der Waals surface area contributed by atoms with Gasteiger partial charge in [0, 0.05) is 55.6 Å². The van der Waals surface area contributed by atoms with Crippen LogP contribution >= 0.6 is 0 Å². The topological polar surface area (TPSA) is 104 Å². The van der Waals surface area contributed by atoms with E-state index in [0.29, 0.717) is 31.7 Å². The van der Waals surface area contributed by atoms with Crippen molar-refractivity contribution in [2.24, 2.45) is 11.1 Å². The number of methoxy groups -OCH3 is 1. The SMILES string of the molecule is COc1ccc2ncc(CN)c([C@H](O)CCC3(CO)CCN(CCNc4cc(F)c(F)c(F)c4)CC3)c2c1. The van der Waals surface area contributed by atoms with Gasteiger partial charge in [0.2, 0.25) is 0 Å². The number of halogens is 3. The first-order valence-electron chi connectivity index (χ1n) is 12.8. The molecular formula is C28H35F3N4O3. The zero-order chi connectivity index (χ0) is 27.3. The first-order chi connectivity index (χ1) is 18.3. The summed E-state index contributed by atoms with van der Waals surface area (Å²) in [5.74, 6) is -3.26. The molecule has 0 spiro atoms. The van der Waals surface area contributed by atoms with Gasteiger partial charge in [0.25, 0.3) is 0 Å². The van der Waals surface area contributed by atoms with E-state index < -0.39 is 23.6 Å². The molecule has 0 amide bonds. The first-order valence-corrected chi connectivity index (χ1v) is 12.8. The van der Waals surface area contributed by atoms with Crippen LogP contribution in [0.15, 0.2) is 36.5 Å². The summed E-state index contributed by atoms with van der Waals surface area (Å²) in [6.07, 6.45) is 3.55. The highest BCUT2D eigenvalue weighted by molar-refractivity contribution is 5.85. The quantitative estimate of drug-likeness (QED) is 0.276. The number of nitrogens with two attached hydrogens (primary N) is 1. The molecule has 10 heteroatoms. The summed E-state index contributed by atoms with van der Waals surface area (Å²) < 4.78 is 45.3. The number of piperidine rings is 1. The van der Waals surface area contributed by atoms with Gasteiger partial charge in [0.1, 0.15) is 5.75 Å². The van der Waals surface area contributed by atoms with Gasteiger partial charge in [-0.3, -0.25) is 4.98 Å². The van der Waals surface area contributed by atoms with Crippen LogP contribution < -0.4 is 15.8 Å². The maximum Gasteiger partial charge on any atom is 0.194 e. The Balaban J connectivity index is 1.34. The Hall–Kier alpha value is -2.92. The summed E-state index contributed by atoms with van der Waals surface area (Å²) in [7, 11) is 1.59. The Kier molecular flexibility index (Phi) is 9.09. The largest absolute Gasteiger partial charge is 0.497 e. The molecule has 0 saturated carbocycles. The Morgan fingerprint density at radius 2 is 1.87 bits per heavy atom.